The van der Waals surface area contributed by atoms with Gasteiger partial charge in [-0.25, -0.2) is 4.98 Å². The molecule has 6 nitrogen and oxygen atoms in total. The third-order valence-electron chi connectivity index (χ3n) is 4.73. The number of fused-ring (bicyclic) bond motifs is 1. The van der Waals surface area contributed by atoms with Crippen molar-refractivity contribution < 1.29 is 9.59 Å². The van der Waals surface area contributed by atoms with Crippen molar-refractivity contribution in [1.82, 2.24) is 15.2 Å². The molecule has 0 saturated heterocycles. The predicted molar refractivity (Wildman–Crippen MR) is 117 cm³/mol. The van der Waals surface area contributed by atoms with Crippen molar-refractivity contribution in [1.29, 1.82) is 0 Å². The number of thiazole rings is 1. The van der Waals surface area contributed by atoms with Crippen LogP contribution in [-0.4, -0.2) is 47.9 Å². The lowest BCUT2D eigenvalue weighted by Crippen LogP contribution is -2.39. The largest absolute Gasteiger partial charge is 0.352 e. The Morgan fingerprint density at radius 2 is 1.83 bits per heavy atom. The Morgan fingerprint density at radius 1 is 1.10 bits per heavy atom. The summed E-state index contributed by atoms with van der Waals surface area (Å²) >= 11 is 1.66. The first-order valence-electron chi connectivity index (χ1n) is 9.72. The van der Waals surface area contributed by atoms with E-state index >= 15 is 0 Å². The van der Waals surface area contributed by atoms with Crippen LogP contribution in [0.1, 0.15) is 18.4 Å². The highest BCUT2D eigenvalue weighted by Gasteiger charge is 2.23. The zero-order chi connectivity index (χ0) is 20.4. The molecule has 150 valence electrons. The Bertz CT molecular complexity index is 1040. The van der Waals surface area contributed by atoms with Crippen LogP contribution in [0.4, 0.5) is 5.69 Å². The van der Waals surface area contributed by atoms with Crippen LogP contribution in [0, 0.1) is 6.92 Å². The fourth-order valence-electron chi connectivity index (χ4n) is 3.10. The molecule has 3 aromatic rings. The Hall–Kier alpha value is -2.77. The van der Waals surface area contributed by atoms with Crippen molar-refractivity contribution in [3.63, 3.8) is 0 Å². The molecule has 1 aliphatic rings. The number of hydrogen-bond donors (Lipinski definition) is 2. The number of carbonyl (C=O) groups excluding carboxylic acids is 2. The Morgan fingerprint density at radius 3 is 2.55 bits per heavy atom. The van der Waals surface area contributed by atoms with Crippen LogP contribution in [0.25, 0.3) is 20.8 Å². The molecule has 4 rings (SSSR count). The molecule has 2 amide bonds. The van der Waals surface area contributed by atoms with Gasteiger partial charge in [0.2, 0.25) is 11.8 Å². The first-order valence-corrected chi connectivity index (χ1v) is 10.5. The van der Waals surface area contributed by atoms with Gasteiger partial charge < -0.3 is 10.6 Å². The van der Waals surface area contributed by atoms with E-state index in [1.54, 1.807) is 23.3 Å². The number of amides is 2. The molecule has 0 aliphatic heterocycles. The van der Waals surface area contributed by atoms with E-state index < -0.39 is 0 Å². The van der Waals surface area contributed by atoms with E-state index in [9.17, 15) is 9.59 Å². The smallest absolute Gasteiger partial charge is 0.238 e. The fraction of sp³-hybridized carbons (Fsp3) is 0.318. The maximum absolute atomic E-state index is 12.2. The van der Waals surface area contributed by atoms with Crippen molar-refractivity contribution in [2.24, 2.45) is 0 Å². The number of carbonyl (C=O) groups is 2. The minimum atomic E-state index is -0.144. The first-order chi connectivity index (χ1) is 14.0. The van der Waals surface area contributed by atoms with Gasteiger partial charge in [0.05, 0.1) is 23.3 Å². The van der Waals surface area contributed by atoms with Gasteiger partial charge >= 0.3 is 0 Å². The number of anilines is 1. The molecule has 2 aromatic carbocycles. The summed E-state index contributed by atoms with van der Waals surface area (Å²) < 4.78 is 1.17. The van der Waals surface area contributed by atoms with E-state index in [0.717, 1.165) is 34.6 Å². The van der Waals surface area contributed by atoms with Crippen LogP contribution < -0.4 is 10.6 Å². The number of rotatable bonds is 7. The summed E-state index contributed by atoms with van der Waals surface area (Å²) in [6, 6.07) is 14.3. The maximum Gasteiger partial charge on any atom is 0.238 e. The van der Waals surface area contributed by atoms with Gasteiger partial charge in [0.1, 0.15) is 5.01 Å². The van der Waals surface area contributed by atoms with Crippen molar-refractivity contribution in [3.05, 3.63) is 48.0 Å². The summed E-state index contributed by atoms with van der Waals surface area (Å²) in [4.78, 5) is 30.5. The van der Waals surface area contributed by atoms with E-state index in [2.05, 4.69) is 29.7 Å². The quantitative estimate of drug-likeness (QED) is 0.628. The van der Waals surface area contributed by atoms with Crippen molar-refractivity contribution >= 4 is 39.1 Å². The van der Waals surface area contributed by atoms with E-state index in [-0.39, 0.29) is 24.9 Å². The molecule has 1 saturated carbocycles. The van der Waals surface area contributed by atoms with Gasteiger partial charge in [0, 0.05) is 17.3 Å². The van der Waals surface area contributed by atoms with Crippen LogP contribution in [0.3, 0.4) is 0 Å². The monoisotopic (exact) mass is 408 g/mol. The van der Waals surface area contributed by atoms with E-state index in [0.29, 0.717) is 6.04 Å². The minimum Gasteiger partial charge on any atom is -0.352 e. The van der Waals surface area contributed by atoms with Crippen LogP contribution in [0.15, 0.2) is 42.5 Å². The van der Waals surface area contributed by atoms with Gasteiger partial charge in [-0.2, -0.15) is 0 Å². The molecule has 0 unspecified atom stereocenters. The SMILES string of the molecule is Cc1ccc2nc(-c3ccc(NC(=O)CN(C)CC(=O)NC4CC4)cc3)sc2c1. The minimum absolute atomic E-state index is 0.0295. The van der Waals surface area contributed by atoms with Crippen molar-refractivity contribution in [2.75, 3.05) is 25.5 Å². The second-order valence-electron chi connectivity index (χ2n) is 7.63. The topological polar surface area (TPSA) is 74.3 Å². The molecule has 1 aliphatic carbocycles. The van der Waals surface area contributed by atoms with Crippen molar-refractivity contribution in [2.45, 2.75) is 25.8 Å². The van der Waals surface area contributed by atoms with Crippen molar-refractivity contribution in [3.8, 4) is 10.6 Å². The lowest BCUT2D eigenvalue weighted by atomic mass is 10.2. The number of nitrogens with one attached hydrogen (secondary N) is 2. The molecule has 0 spiro atoms. The molecule has 1 aromatic heterocycles. The second kappa shape index (κ2) is 8.31. The molecule has 0 radical (unpaired) electrons. The summed E-state index contributed by atoms with van der Waals surface area (Å²) in [7, 11) is 1.77. The normalized spacial score (nSPS) is 13.6. The molecule has 0 atom stereocenters. The highest BCUT2D eigenvalue weighted by atomic mass is 32.1. The Labute approximate surface area is 173 Å². The number of aromatic nitrogens is 1. The highest BCUT2D eigenvalue weighted by molar-refractivity contribution is 7.21. The first kappa shape index (κ1) is 19.5. The Balaban J connectivity index is 1.33. The van der Waals surface area contributed by atoms with Gasteiger partial charge in [-0.15, -0.1) is 11.3 Å². The number of likely N-dealkylation sites (N-methyl/N-ethyl adjacent to an activating group) is 1. The third-order valence-corrected chi connectivity index (χ3v) is 5.80. The zero-order valence-corrected chi connectivity index (χ0v) is 17.4. The number of aryl methyl sites for hydroxylation is 1. The second-order valence-corrected chi connectivity index (χ2v) is 8.66. The number of nitrogens with zero attached hydrogens (tertiary/aromatic N) is 2. The Kier molecular flexibility index (Phi) is 5.60. The van der Waals surface area contributed by atoms with E-state index in [1.165, 1.54) is 10.3 Å². The molecule has 29 heavy (non-hydrogen) atoms. The summed E-state index contributed by atoms with van der Waals surface area (Å²) in [5.74, 6) is -0.173. The molecule has 1 heterocycles. The lowest BCUT2D eigenvalue weighted by molar-refractivity contribution is -0.123. The lowest BCUT2D eigenvalue weighted by Gasteiger charge is -2.16. The summed E-state index contributed by atoms with van der Waals surface area (Å²) in [6.07, 6.45) is 2.12. The molecule has 2 N–H and O–H groups in total. The van der Waals surface area contributed by atoms with Crippen LogP contribution in [-0.2, 0) is 9.59 Å². The third kappa shape index (κ3) is 5.19. The van der Waals surface area contributed by atoms with E-state index in [4.69, 9.17) is 4.98 Å². The number of benzene rings is 2. The molecule has 1 fully saturated rings. The van der Waals surface area contributed by atoms with Gasteiger partial charge in [0.25, 0.3) is 0 Å². The predicted octanol–water partition coefficient (Wildman–Crippen LogP) is 3.42. The zero-order valence-electron chi connectivity index (χ0n) is 16.6. The summed E-state index contributed by atoms with van der Waals surface area (Å²) in [6.45, 7) is 2.46. The van der Waals surface area contributed by atoms with Gasteiger partial charge in [0.15, 0.2) is 0 Å². The van der Waals surface area contributed by atoms with Crippen LogP contribution in [0.2, 0.25) is 0 Å². The average Bonchev–Trinajstić information content (AvgIpc) is 3.37. The summed E-state index contributed by atoms with van der Waals surface area (Å²) in [5.41, 5.74) is 3.98. The van der Waals surface area contributed by atoms with Crippen LogP contribution in [0.5, 0.6) is 0 Å². The number of hydrogen-bond acceptors (Lipinski definition) is 5. The molecule has 0 bridgehead atoms. The average molecular weight is 409 g/mol. The van der Waals surface area contributed by atoms with Gasteiger partial charge in [-0.3, -0.25) is 14.5 Å². The standard InChI is InChI=1S/C22H24N4O2S/c1-14-3-10-18-19(11-14)29-22(25-18)15-4-6-16(7-5-15)23-20(27)12-26(2)13-21(28)24-17-8-9-17/h3-7,10-11,17H,8-9,12-13H2,1-2H3,(H,23,27)(H,24,28). The fourth-order valence-corrected chi connectivity index (χ4v) is 4.17. The van der Waals surface area contributed by atoms with Crippen LogP contribution >= 0.6 is 11.3 Å². The molecular formula is C22H24N4O2S. The highest BCUT2D eigenvalue weighted by Crippen LogP contribution is 2.31. The summed E-state index contributed by atoms with van der Waals surface area (Å²) in [5, 5.41) is 6.77. The van der Waals surface area contributed by atoms with E-state index in [1.807, 2.05) is 30.3 Å². The maximum atomic E-state index is 12.2. The van der Waals surface area contributed by atoms with Gasteiger partial charge in [-0.1, -0.05) is 6.07 Å². The molecular weight excluding hydrogens is 384 g/mol. The van der Waals surface area contributed by atoms with Gasteiger partial charge in [-0.05, 0) is 68.8 Å². The molecule has 7 heteroatoms.